The Hall–Kier alpha value is -5.27. The van der Waals surface area contributed by atoms with Crippen LogP contribution in [-0.4, -0.2) is 10.2 Å². The van der Waals surface area contributed by atoms with Crippen LogP contribution in [0.3, 0.4) is 0 Å². The smallest absolute Gasteiger partial charge is 0.131 e. The third kappa shape index (κ3) is 13.9. The van der Waals surface area contributed by atoms with Gasteiger partial charge < -0.3 is 10.2 Å². The summed E-state index contributed by atoms with van der Waals surface area (Å²) >= 11 is 0. The molecule has 0 bridgehead atoms. The molecule has 0 aliphatic heterocycles. The van der Waals surface area contributed by atoms with Gasteiger partial charge in [-0.25, -0.2) is 0 Å². The molecule has 0 spiro atoms. The van der Waals surface area contributed by atoms with Crippen molar-refractivity contribution in [2.75, 3.05) is 0 Å². The molecule has 6 aromatic carbocycles. The van der Waals surface area contributed by atoms with E-state index >= 15 is 0 Å². The van der Waals surface area contributed by atoms with E-state index in [0.717, 1.165) is 70.2 Å². The monoisotopic (exact) mass is 840 g/mol. The van der Waals surface area contributed by atoms with Gasteiger partial charge in [-0.2, -0.15) is 0 Å². The molecule has 51 heavy (non-hydrogen) atoms. The van der Waals surface area contributed by atoms with Crippen LogP contribution in [0, 0.1) is 23.7 Å². The van der Waals surface area contributed by atoms with Crippen LogP contribution in [0.1, 0.15) is 53.4 Å². The summed E-state index contributed by atoms with van der Waals surface area (Å²) in [7, 11) is 0. The van der Waals surface area contributed by atoms with Crippen molar-refractivity contribution in [3.05, 3.63) is 158 Å². The van der Waals surface area contributed by atoms with Crippen molar-refractivity contribution in [1.82, 2.24) is 0 Å². The fraction of sp³-hybridized carbons (Fsp3) is 0.167. The first-order valence-corrected chi connectivity index (χ1v) is 17.3. The summed E-state index contributed by atoms with van der Waals surface area (Å²) in [6.45, 7) is 8.23. The summed E-state index contributed by atoms with van der Waals surface area (Å²) in [5.41, 5.74) is 7.55. The maximum absolute atomic E-state index is 10.5. The molecular formula is C48H48O2W. The number of benzene rings is 6. The number of hydrogen-bond acceptors (Lipinski definition) is 2. The quantitative estimate of drug-likeness (QED) is 0.174. The van der Waals surface area contributed by atoms with Crippen LogP contribution in [0.5, 0.6) is 11.5 Å². The standard InChI is InChI=1S/2C18H14O.2C6H10.W/c2*19-18-16(14-8-3-1-4-9-14)12-7-13-17(18)15-10-5-2-6-11-15;2*1-3-5-6-4-2;/h2*1-13,19H;2*3-4H2,1-2H3;. The molecule has 0 fully saturated rings. The molecule has 3 heteroatoms. The predicted octanol–water partition coefficient (Wildman–Crippen LogP) is 13.1. The summed E-state index contributed by atoms with van der Waals surface area (Å²) in [6, 6.07) is 51.5. The molecule has 0 heterocycles. The molecule has 0 unspecified atom stereocenters. The van der Waals surface area contributed by atoms with E-state index in [1.54, 1.807) is 0 Å². The number of hydrogen-bond donors (Lipinski definition) is 2. The van der Waals surface area contributed by atoms with Crippen LogP contribution in [0.25, 0.3) is 44.5 Å². The summed E-state index contributed by atoms with van der Waals surface area (Å²) in [5.74, 6) is 12.5. The molecule has 2 nitrogen and oxygen atoms in total. The van der Waals surface area contributed by atoms with Gasteiger partial charge in [0.1, 0.15) is 11.5 Å². The van der Waals surface area contributed by atoms with Crippen molar-refractivity contribution in [3.63, 3.8) is 0 Å². The SMILES string of the molecule is CCC#CCC.CCC#CCC.Oc1c(-c2ccccc2)cccc1-c1ccccc1.Oc1c(-c2ccccc2)cccc1-c1ccccc1.[W]. The predicted molar refractivity (Wildman–Crippen MR) is 215 cm³/mol. The largest absolute Gasteiger partial charge is 0.507 e. The van der Waals surface area contributed by atoms with Crippen molar-refractivity contribution in [2.24, 2.45) is 0 Å². The third-order valence-corrected chi connectivity index (χ3v) is 7.37. The Kier molecular flexibility index (Phi) is 20.4. The summed E-state index contributed by atoms with van der Waals surface area (Å²) in [6.07, 6.45) is 3.98. The first-order chi connectivity index (χ1) is 24.5. The zero-order valence-electron chi connectivity index (χ0n) is 30.1. The number of rotatable bonds is 4. The maximum Gasteiger partial charge on any atom is 0.131 e. The molecular weight excluding hydrogens is 792 g/mol. The minimum atomic E-state index is 0. The van der Waals surface area contributed by atoms with Crippen molar-refractivity contribution < 1.29 is 31.3 Å². The summed E-state index contributed by atoms with van der Waals surface area (Å²) in [4.78, 5) is 0. The molecule has 258 valence electrons. The van der Waals surface area contributed by atoms with Gasteiger partial charge in [-0.1, -0.05) is 185 Å². The van der Waals surface area contributed by atoms with Gasteiger partial charge in [0, 0.05) is 69.0 Å². The van der Waals surface area contributed by atoms with Gasteiger partial charge >= 0.3 is 0 Å². The number of aromatic hydroxyl groups is 2. The molecule has 0 saturated heterocycles. The first kappa shape index (κ1) is 41.9. The molecule has 0 aliphatic carbocycles. The maximum atomic E-state index is 10.5. The van der Waals surface area contributed by atoms with E-state index in [0.29, 0.717) is 11.5 Å². The van der Waals surface area contributed by atoms with Gasteiger partial charge in [-0.05, 0) is 22.3 Å². The summed E-state index contributed by atoms with van der Waals surface area (Å²) in [5, 5.41) is 21.0. The van der Waals surface area contributed by atoms with Crippen molar-refractivity contribution in [2.45, 2.75) is 53.4 Å². The van der Waals surface area contributed by atoms with Gasteiger partial charge in [0.05, 0.1) is 0 Å². The average Bonchev–Trinajstić information content (AvgIpc) is 3.18. The zero-order valence-corrected chi connectivity index (χ0v) is 33.1. The van der Waals surface area contributed by atoms with E-state index in [-0.39, 0.29) is 21.1 Å². The van der Waals surface area contributed by atoms with Crippen LogP contribution in [-0.2, 0) is 21.1 Å². The van der Waals surface area contributed by atoms with Crippen molar-refractivity contribution in [3.8, 4) is 79.7 Å². The van der Waals surface area contributed by atoms with Gasteiger partial charge in [0.25, 0.3) is 0 Å². The minimum absolute atomic E-state index is 0. The number of para-hydroxylation sites is 2. The Morgan fingerprint density at radius 3 is 0.686 bits per heavy atom. The fourth-order valence-corrected chi connectivity index (χ4v) is 4.99. The zero-order chi connectivity index (χ0) is 35.8. The second-order valence-corrected chi connectivity index (χ2v) is 11.0. The second-order valence-electron chi connectivity index (χ2n) is 11.0. The van der Waals surface area contributed by atoms with Crippen molar-refractivity contribution in [1.29, 1.82) is 0 Å². The minimum Gasteiger partial charge on any atom is -0.507 e. The Morgan fingerprint density at radius 2 is 0.510 bits per heavy atom. The summed E-state index contributed by atoms with van der Waals surface area (Å²) < 4.78 is 0. The van der Waals surface area contributed by atoms with Gasteiger partial charge in [-0.3, -0.25) is 0 Å². The van der Waals surface area contributed by atoms with E-state index in [2.05, 4.69) is 51.4 Å². The number of phenols is 2. The van der Waals surface area contributed by atoms with Crippen molar-refractivity contribution >= 4 is 0 Å². The Morgan fingerprint density at radius 1 is 0.314 bits per heavy atom. The fourth-order valence-electron chi connectivity index (χ4n) is 4.99. The Labute approximate surface area is 320 Å². The molecule has 0 atom stereocenters. The van der Waals surface area contributed by atoms with E-state index in [9.17, 15) is 10.2 Å². The molecule has 6 rings (SSSR count). The van der Waals surface area contributed by atoms with E-state index in [1.165, 1.54) is 0 Å². The second kappa shape index (κ2) is 24.8. The third-order valence-electron chi connectivity index (χ3n) is 7.37. The normalized spacial score (nSPS) is 9.18. The molecule has 2 N–H and O–H groups in total. The Bertz CT molecular complexity index is 1670. The molecule has 0 aromatic heterocycles. The first-order valence-electron chi connectivity index (χ1n) is 17.3. The number of phenolic OH excluding ortho intramolecular Hbond substituents is 2. The van der Waals surface area contributed by atoms with E-state index < -0.39 is 0 Å². The van der Waals surface area contributed by atoms with Gasteiger partial charge in [-0.15, -0.1) is 23.7 Å². The van der Waals surface area contributed by atoms with Gasteiger partial charge in [0.15, 0.2) is 0 Å². The van der Waals surface area contributed by atoms with Crippen LogP contribution in [0.2, 0.25) is 0 Å². The average molecular weight is 841 g/mol. The van der Waals surface area contributed by atoms with E-state index in [4.69, 9.17) is 0 Å². The van der Waals surface area contributed by atoms with Gasteiger partial charge in [0.2, 0.25) is 0 Å². The molecule has 0 amide bonds. The molecule has 0 aliphatic rings. The molecule has 0 radical (unpaired) electrons. The topological polar surface area (TPSA) is 40.5 Å². The Balaban J connectivity index is 0.000000266. The van der Waals surface area contributed by atoms with Crippen LogP contribution in [0.15, 0.2) is 158 Å². The van der Waals surface area contributed by atoms with Crippen LogP contribution >= 0.6 is 0 Å². The van der Waals surface area contributed by atoms with E-state index in [1.807, 2.05) is 158 Å². The molecule has 6 aromatic rings. The van der Waals surface area contributed by atoms with Crippen LogP contribution < -0.4 is 0 Å². The molecule has 0 saturated carbocycles. The van der Waals surface area contributed by atoms with Crippen LogP contribution in [0.4, 0.5) is 0 Å².